The van der Waals surface area contributed by atoms with Crippen molar-refractivity contribution in [1.82, 2.24) is 0 Å². The van der Waals surface area contributed by atoms with Crippen molar-refractivity contribution >= 4 is 57.4 Å². The quantitative estimate of drug-likeness (QED) is 0.153. The number of benzene rings is 5. The molecule has 10 aliphatic rings. The van der Waals surface area contributed by atoms with E-state index >= 15 is 0 Å². The van der Waals surface area contributed by atoms with Crippen LogP contribution < -0.4 is 26.2 Å². The molecule has 0 radical (unpaired) electrons. The fourth-order valence-corrected chi connectivity index (χ4v) is 16.3. The standard InChI is InChI=1S/C66H75BN2O/c1-38-31-52-55-53(32-38)69-50-36-46-45(61(6,7)23-24-62(46,8)9)34-42(50)39-15-17-40(18-16-39)66(14)30-25-63(10,11)54-56(58(69)70-57(54)66)67(55)49-35-47-48(65(13)28-26-64(47,12)27-29-65)37-51(49)68(52)41-19-20-43-44(33-41)60(4,5)22-21-59(43,2)3/h15-20,31-37H,21-30H2,1-14H3. The summed E-state index contributed by atoms with van der Waals surface area (Å²) < 4.78 is 8.01. The van der Waals surface area contributed by atoms with Crippen molar-refractivity contribution in [3.63, 3.8) is 0 Å². The minimum atomic E-state index is -0.276. The van der Waals surface area contributed by atoms with Crippen molar-refractivity contribution in [1.29, 1.82) is 0 Å². The largest absolute Gasteiger partial charge is 0.444 e. The third kappa shape index (κ3) is 5.45. The van der Waals surface area contributed by atoms with Crippen LogP contribution in [0.3, 0.4) is 0 Å². The van der Waals surface area contributed by atoms with Crippen LogP contribution >= 0.6 is 0 Å². The first-order valence-corrected chi connectivity index (χ1v) is 27.4. The predicted octanol–water partition coefficient (Wildman–Crippen LogP) is 15.8. The number of fused-ring (bicyclic) bond motifs is 10. The zero-order chi connectivity index (χ0) is 48.8. The van der Waals surface area contributed by atoms with Crippen LogP contribution in [0, 0.1) is 6.92 Å². The molecule has 0 N–H and O–H groups in total. The molecule has 70 heavy (non-hydrogen) atoms. The molecule has 0 saturated heterocycles. The van der Waals surface area contributed by atoms with Gasteiger partial charge in [-0.25, -0.2) is 0 Å². The Labute approximate surface area is 419 Å². The molecule has 1 saturated carbocycles. The summed E-state index contributed by atoms with van der Waals surface area (Å²) in [5.74, 6) is 2.23. The van der Waals surface area contributed by atoms with Gasteiger partial charge in [0.05, 0.1) is 11.1 Å². The van der Waals surface area contributed by atoms with Gasteiger partial charge in [-0.15, -0.1) is 0 Å². The summed E-state index contributed by atoms with van der Waals surface area (Å²) in [6.07, 6.45) is 11.9. The number of rotatable bonds is 1. The van der Waals surface area contributed by atoms with Gasteiger partial charge in [0.15, 0.2) is 5.88 Å². The van der Waals surface area contributed by atoms with E-state index in [9.17, 15) is 0 Å². The molecule has 1 atom stereocenters. The Kier molecular flexibility index (Phi) is 8.24. The molecule has 1 fully saturated rings. The maximum Gasteiger partial charge on any atom is 0.256 e. The van der Waals surface area contributed by atoms with E-state index in [1.165, 1.54) is 146 Å². The van der Waals surface area contributed by atoms with Crippen LogP contribution in [0.15, 0.2) is 83.3 Å². The van der Waals surface area contributed by atoms with Crippen LogP contribution in [0.25, 0.3) is 11.1 Å². The van der Waals surface area contributed by atoms with Crippen LogP contribution in [0.5, 0.6) is 0 Å². The van der Waals surface area contributed by atoms with E-state index in [0.717, 1.165) is 25.1 Å². The van der Waals surface area contributed by atoms with E-state index in [4.69, 9.17) is 4.42 Å². The van der Waals surface area contributed by atoms with Crippen LogP contribution in [-0.4, -0.2) is 6.71 Å². The lowest BCUT2D eigenvalue weighted by Crippen LogP contribution is -2.63. The van der Waals surface area contributed by atoms with Gasteiger partial charge in [0.1, 0.15) is 5.76 Å². The number of furan rings is 1. The van der Waals surface area contributed by atoms with E-state index in [1.54, 1.807) is 11.1 Å². The Morgan fingerprint density at radius 1 is 0.443 bits per heavy atom. The average Bonchev–Trinajstić information content (AvgIpc) is 3.73. The number of anilines is 6. The van der Waals surface area contributed by atoms with Crippen molar-refractivity contribution in [2.75, 3.05) is 9.80 Å². The number of hydrogen-bond acceptors (Lipinski definition) is 3. The topological polar surface area (TPSA) is 19.6 Å². The highest BCUT2D eigenvalue weighted by atomic mass is 16.4. The molecule has 3 nitrogen and oxygen atoms in total. The van der Waals surface area contributed by atoms with Crippen LogP contribution in [0.4, 0.5) is 34.3 Å². The SMILES string of the molecule is Cc1cc2c3c(c1)N1c4cc5c(cc4-c4ccc(cc4)C4(C)CCC(C)(C)c6c4oc1c6B3c1cc3c(cc1N2c1ccc2c(c1)C(C)(C)CCC2(C)C)C1(C)CCC3(C)CC1)C(C)(C)CCC5(C)C. The molecule has 4 heteroatoms. The van der Waals surface area contributed by atoms with Gasteiger partial charge in [0, 0.05) is 28.3 Å². The second-order valence-electron chi connectivity index (χ2n) is 28.4. The third-order valence-corrected chi connectivity index (χ3v) is 21.5. The molecule has 4 aliphatic heterocycles. The summed E-state index contributed by atoms with van der Waals surface area (Å²) in [4.78, 5) is 5.43. The summed E-state index contributed by atoms with van der Waals surface area (Å²) >= 11 is 0. The molecule has 1 unspecified atom stereocenters. The van der Waals surface area contributed by atoms with Crippen molar-refractivity contribution in [2.24, 2.45) is 0 Å². The zero-order valence-corrected chi connectivity index (χ0v) is 45.0. The fraction of sp³-hybridized carbons (Fsp3) is 0.485. The monoisotopic (exact) mass is 923 g/mol. The lowest BCUT2D eigenvalue weighted by molar-refractivity contribution is 0.188. The average molecular weight is 923 g/mol. The smallest absolute Gasteiger partial charge is 0.256 e. The van der Waals surface area contributed by atoms with Gasteiger partial charge in [0.25, 0.3) is 6.71 Å². The van der Waals surface area contributed by atoms with E-state index in [2.05, 4.69) is 186 Å². The molecule has 16 rings (SSSR count). The molecule has 5 heterocycles. The Morgan fingerprint density at radius 2 is 0.971 bits per heavy atom. The van der Waals surface area contributed by atoms with Crippen molar-refractivity contribution in [3.8, 4) is 11.1 Å². The first-order chi connectivity index (χ1) is 32.9. The van der Waals surface area contributed by atoms with Crippen LogP contribution in [0.2, 0.25) is 0 Å². The van der Waals surface area contributed by atoms with Crippen molar-refractivity contribution in [3.05, 3.63) is 135 Å². The molecule has 0 amide bonds. The number of hydrogen-bond donors (Lipinski definition) is 0. The summed E-state index contributed by atoms with van der Waals surface area (Å²) in [6.45, 7) is 35.0. The van der Waals surface area contributed by atoms with Gasteiger partial charge in [-0.2, -0.15) is 0 Å². The fourth-order valence-electron chi connectivity index (χ4n) is 16.3. The highest BCUT2D eigenvalue weighted by Crippen LogP contribution is 2.61. The van der Waals surface area contributed by atoms with Gasteiger partial charge >= 0.3 is 0 Å². The molecular formula is C66H75BN2O. The number of nitrogens with zero attached hydrogens (tertiary/aromatic N) is 2. The van der Waals surface area contributed by atoms with Gasteiger partial charge in [-0.05, 0) is 230 Å². The van der Waals surface area contributed by atoms with Crippen LogP contribution in [-0.2, 0) is 43.3 Å². The first-order valence-electron chi connectivity index (χ1n) is 27.4. The summed E-state index contributed by atoms with van der Waals surface area (Å²) in [6, 6.07) is 33.3. The van der Waals surface area contributed by atoms with Crippen molar-refractivity contribution < 1.29 is 4.42 Å². The molecule has 6 aromatic rings. The highest BCUT2D eigenvalue weighted by molar-refractivity contribution is 7.00. The lowest BCUT2D eigenvalue weighted by atomic mass is 9.32. The van der Waals surface area contributed by atoms with Gasteiger partial charge in [-0.1, -0.05) is 119 Å². The summed E-state index contributed by atoms with van der Waals surface area (Å²) in [5.41, 5.74) is 27.0. The molecule has 1 aromatic heterocycles. The second-order valence-corrected chi connectivity index (χ2v) is 28.4. The zero-order valence-electron chi connectivity index (χ0n) is 45.0. The van der Waals surface area contributed by atoms with Crippen molar-refractivity contribution in [2.45, 2.75) is 204 Å². The minimum absolute atomic E-state index is 0.00713. The molecule has 5 aromatic carbocycles. The number of aryl methyl sites for hydroxylation is 1. The van der Waals surface area contributed by atoms with Gasteiger partial charge in [-0.3, -0.25) is 4.90 Å². The molecular weight excluding hydrogens is 848 g/mol. The predicted molar refractivity (Wildman–Crippen MR) is 295 cm³/mol. The third-order valence-electron chi connectivity index (χ3n) is 21.5. The highest BCUT2D eigenvalue weighted by Gasteiger charge is 2.56. The Balaban J connectivity index is 1.15. The van der Waals surface area contributed by atoms with Gasteiger partial charge in [0.2, 0.25) is 0 Å². The normalized spacial score (nSPS) is 27.7. The molecule has 0 spiro atoms. The summed E-state index contributed by atoms with van der Waals surface area (Å²) in [5, 5.41) is 0. The first kappa shape index (κ1) is 43.8. The Bertz CT molecular complexity index is 3330. The van der Waals surface area contributed by atoms with Crippen LogP contribution in [0.1, 0.15) is 210 Å². The Hall–Kier alpha value is -4.96. The van der Waals surface area contributed by atoms with E-state index in [-0.39, 0.29) is 50.0 Å². The van der Waals surface area contributed by atoms with Gasteiger partial charge < -0.3 is 9.32 Å². The maximum absolute atomic E-state index is 8.01. The second kappa shape index (κ2) is 13.2. The summed E-state index contributed by atoms with van der Waals surface area (Å²) in [7, 11) is 0. The Morgan fingerprint density at radius 3 is 1.60 bits per heavy atom. The molecule has 358 valence electrons. The minimum Gasteiger partial charge on any atom is -0.444 e. The maximum atomic E-state index is 8.01. The molecule has 6 bridgehead atoms. The lowest BCUT2D eigenvalue weighted by Gasteiger charge is -2.53. The van der Waals surface area contributed by atoms with E-state index < -0.39 is 0 Å². The van der Waals surface area contributed by atoms with E-state index in [0.29, 0.717) is 0 Å². The van der Waals surface area contributed by atoms with E-state index in [1.807, 2.05) is 0 Å². The molecule has 6 aliphatic carbocycles.